The van der Waals surface area contributed by atoms with Crippen molar-refractivity contribution in [3.05, 3.63) is 29.8 Å². The maximum Gasteiger partial charge on any atom is 0.387 e. The molecule has 1 fully saturated rings. The average molecular weight is 285 g/mol. The van der Waals surface area contributed by atoms with Gasteiger partial charge in [0.25, 0.3) is 0 Å². The molecule has 1 heterocycles. The van der Waals surface area contributed by atoms with Crippen LogP contribution in [0.4, 0.5) is 8.78 Å². The standard InChI is InChI=1S/C14H17F2NO3/c1-9(17-7-6-10(8-17)13(18)19)11-4-2-3-5-12(11)20-14(15)16/h2-5,9-10,14H,6-8H2,1H3,(H,18,19). The Hall–Kier alpha value is -1.69. The van der Waals surface area contributed by atoms with Gasteiger partial charge in [-0.05, 0) is 26.0 Å². The van der Waals surface area contributed by atoms with E-state index in [1.165, 1.54) is 6.07 Å². The molecule has 1 saturated heterocycles. The number of halogens is 2. The Morgan fingerprint density at radius 1 is 1.45 bits per heavy atom. The van der Waals surface area contributed by atoms with E-state index in [1.807, 2.05) is 11.8 Å². The first-order valence-corrected chi connectivity index (χ1v) is 6.49. The molecule has 0 radical (unpaired) electrons. The van der Waals surface area contributed by atoms with E-state index in [0.29, 0.717) is 25.1 Å². The Kier molecular flexibility index (Phi) is 4.54. The molecule has 1 aliphatic heterocycles. The van der Waals surface area contributed by atoms with Gasteiger partial charge in [-0.15, -0.1) is 0 Å². The van der Waals surface area contributed by atoms with Crippen LogP contribution in [0.1, 0.15) is 24.9 Å². The van der Waals surface area contributed by atoms with Crippen molar-refractivity contribution in [2.45, 2.75) is 26.0 Å². The molecule has 1 aromatic rings. The van der Waals surface area contributed by atoms with Crippen molar-refractivity contribution in [2.24, 2.45) is 5.92 Å². The smallest absolute Gasteiger partial charge is 0.387 e. The van der Waals surface area contributed by atoms with Gasteiger partial charge in [-0.2, -0.15) is 8.78 Å². The second-order valence-electron chi connectivity index (χ2n) is 4.91. The van der Waals surface area contributed by atoms with E-state index in [1.54, 1.807) is 18.2 Å². The van der Waals surface area contributed by atoms with Crippen LogP contribution in [0.2, 0.25) is 0 Å². The number of ether oxygens (including phenoxy) is 1. The topological polar surface area (TPSA) is 49.8 Å². The predicted molar refractivity (Wildman–Crippen MR) is 68.8 cm³/mol. The highest BCUT2D eigenvalue weighted by Crippen LogP contribution is 2.33. The van der Waals surface area contributed by atoms with Gasteiger partial charge in [-0.1, -0.05) is 18.2 Å². The molecule has 2 rings (SSSR count). The fourth-order valence-corrected chi connectivity index (χ4v) is 2.57. The molecule has 0 saturated carbocycles. The minimum atomic E-state index is -2.87. The van der Waals surface area contributed by atoms with Crippen LogP contribution < -0.4 is 4.74 Å². The molecule has 6 heteroatoms. The number of hydrogen-bond donors (Lipinski definition) is 1. The number of carbonyl (C=O) groups is 1. The first-order valence-electron chi connectivity index (χ1n) is 6.49. The van der Waals surface area contributed by atoms with Crippen molar-refractivity contribution < 1.29 is 23.4 Å². The molecule has 1 N–H and O–H groups in total. The van der Waals surface area contributed by atoms with E-state index in [2.05, 4.69) is 4.74 Å². The Balaban J connectivity index is 2.13. The molecule has 2 atom stereocenters. The van der Waals surface area contributed by atoms with E-state index in [4.69, 9.17) is 5.11 Å². The first-order chi connectivity index (χ1) is 9.49. The molecule has 4 nitrogen and oxygen atoms in total. The van der Waals surface area contributed by atoms with Gasteiger partial charge < -0.3 is 9.84 Å². The lowest BCUT2D eigenvalue weighted by Gasteiger charge is -2.26. The van der Waals surface area contributed by atoms with Crippen LogP contribution in [-0.2, 0) is 4.79 Å². The monoisotopic (exact) mass is 285 g/mol. The second-order valence-corrected chi connectivity index (χ2v) is 4.91. The van der Waals surface area contributed by atoms with Crippen molar-refractivity contribution in [3.8, 4) is 5.75 Å². The normalized spacial score (nSPS) is 21.1. The van der Waals surface area contributed by atoms with Crippen LogP contribution in [0.25, 0.3) is 0 Å². The zero-order valence-corrected chi connectivity index (χ0v) is 11.1. The third kappa shape index (κ3) is 3.25. The molecule has 1 aromatic carbocycles. The molecular formula is C14H17F2NO3. The SMILES string of the molecule is CC(c1ccccc1OC(F)F)N1CCC(C(=O)O)C1. The summed E-state index contributed by atoms with van der Waals surface area (Å²) in [5.74, 6) is -1.05. The fourth-order valence-electron chi connectivity index (χ4n) is 2.57. The Labute approximate surface area is 116 Å². The third-order valence-corrected chi connectivity index (χ3v) is 3.70. The second kappa shape index (κ2) is 6.17. The van der Waals surface area contributed by atoms with Crippen molar-refractivity contribution in [3.63, 3.8) is 0 Å². The van der Waals surface area contributed by atoms with E-state index < -0.39 is 12.6 Å². The Morgan fingerprint density at radius 3 is 2.75 bits per heavy atom. The summed E-state index contributed by atoms with van der Waals surface area (Å²) >= 11 is 0. The van der Waals surface area contributed by atoms with Gasteiger partial charge in [-0.25, -0.2) is 0 Å². The fraction of sp³-hybridized carbons (Fsp3) is 0.500. The summed E-state index contributed by atoms with van der Waals surface area (Å²) in [5, 5.41) is 9.01. The first kappa shape index (κ1) is 14.7. The highest BCUT2D eigenvalue weighted by atomic mass is 19.3. The minimum Gasteiger partial charge on any atom is -0.481 e. The summed E-state index contributed by atoms with van der Waals surface area (Å²) in [6.45, 7) is 0.0761. The number of nitrogens with zero attached hydrogens (tertiary/aromatic N) is 1. The number of carboxylic acids is 1. The highest BCUT2D eigenvalue weighted by Gasteiger charge is 2.32. The summed E-state index contributed by atoms with van der Waals surface area (Å²) in [4.78, 5) is 12.9. The van der Waals surface area contributed by atoms with Crippen LogP contribution in [0.3, 0.4) is 0 Å². The summed E-state index contributed by atoms with van der Waals surface area (Å²) < 4.78 is 29.3. The van der Waals surface area contributed by atoms with Crippen LogP contribution in [0.5, 0.6) is 5.75 Å². The molecule has 110 valence electrons. The van der Waals surface area contributed by atoms with Gasteiger partial charge in [0.15, 0.2) is 0 Å². The van der Waals surface area contributed by atoms with Crippen molar-refractivity contribution in [2.75, 3.05) is 13.1 Å². The number of para-hydroxylation sites is 1. The lowest BCUT2D eigenvalue weighted by molar-refractivity contribution is -0.141. The number of benzene rings is 1. The number of likely N-dealkylation sites (tertiary alicyclic amines) is 1. The van der Waals surface area contributed by atoms with Gasteiger partial charge in [0.1, 0.15) is 5.75 Å². The Bertz CT molecular complexity index is 481. The van der Waals surface area contributed by atoms with Crippen LogP contribution in [0, 0.1) is 5.92 Å². The number of carboxylic acid groups (broad SMARTS) is 1. The lowest BCUT2D eigenvalue weighted by Crippen LogP contribution is -2.26. The third-order valence-electron chi connectivity index (χ3n) is 3.70. The highest BCUT2D eigenvalue weighted by molar-refractivity contribution is 5.70. The summed E-state index contributed by atoms with van der Waals surface area (Å²) in [6, 6.07) is 6.47. The van der Waals surface area contributed by atoms with Crippen LogP contribution in [0.15, 0.2) is 24.3 Å². The molecule has 0 aromatic heterocycles. The minimum absolute atomic E-state index is 0.147. The summed E-state index contributed by atoms with van der Waals surface area (Å²) in [7, 11) is 0. The van der Waals surface area contributed by atoms with Gasteiger partial charge >= 0.3 is 12.6 Å². The van der Waals surface area contributed by atoms with Gasteiger partial charge in [0.2, 0.25) is 0 Å². The summed E-state index contributed by atoms with van der Waals surface area (Å²) in [6.07, 6.45) is 0.581. The van der Waals surface area contributed by atoms with E-state index in [0.717, 1.165) is 0 Å². The molecular weight excluding hydrogens is 268 g/mol. The number of aliphatic carboxylic acids is 1. The largest absolute Gasteiger partial charge is 0.481 e. The van der Waals surface area contributed by atoms with Crippen molar-refractivity contribution in [1.82, 2.24) is 4.90 Å². The zero-order chi connectivity index (χ0) is 14.7. The van der Waals surface area contributed by atoms with Crippen LogP contribution in [-0.4, -0.2) is 35.7 Å². The molecule has 1 aliphatic rings. The van der Waals surface area contributed by atoms with Crippen molar-refractivity contribution in [1.29, 1.82) is 0 Å². The molecule has 20 heavy (non-hydrogen) atoms. The maximum absolute atomic E-state index is 12.4. The Morgan fingerprint density at radius 2 is 2.15 bits per heavy atom. The lowest BCUT2D eigenvalue weighted by atomic mass is 10.1. The molecule has 0 aliphatic carbocycles. The number of hydrogen-bond acceptors (Lipinski definition) is 3. The van der Waals surface area contributed by atoms with Gasteiger partial charge in [0.05, 0.1) is 5.92 Å². The van der Waals surface area contributed by atoms with E-state index in [-0.39, 0.29) is 17.7 Å². The van der Waals surface area contributed by atoms with Crippen LogP contribution >= 0.6 is 0 Å². The molecule has 2 unspecified atom stereocenters. The molecule has 0 bridgehead atoms. The van der Waals surface area contributed by atoms with Gasteiger partial charge in [-0.3, -0.25) is 9.69 Å². The number of alkyl halides is 2. The summed E-state index contributed by atoms with van der Waals surface area (Å²) in [5.41, 5.74) is 0.652. The molecule has 0 spiro atoms. The van der Waals surface area contributed by atoms with E-state index in [9.17, 15) is 13.6 Å². The quantitative estimate of drug-likeness (QED) is 0.903. The number of rotatable bonds is 5. The predicted octanol–water partition coefficient (Wildman–Crippen LogP) is 2.76. The van der Waals surface area contributed by atoms with E-state index >= 15 is 0 Å². The molecule has 0 amide bonds. The maximum atomic E-state index is 12.4. The zero-order valence-electron chi connectivity index (χ0n) is 11.1. The van der Waals surface area contributed by atoms with Crippen molar-refractivity contribution >= 4 is 5.97 Å². The van der Waals surface area contributed by atoms with Gasteiger partial charge in [0, 0.05) is 18.2 Å². The average Bonchev–Trinajstić information content (AvgIpc) is 2.87.